The maximum absolute atomic E-state index is 12.1. The van der Waals surface area contributed by atoms with Crippen molar-refractivity contribution in [2.45, 2.75) is 33.1 Å². The van der Waals surface area contributed by atoms with E-state index in [1.807, 2.05) is 4.90 Å². The average Bonchev–Trinajstić information content (AvgIpc) is 2.02. The molecule has 0 amide bonds. The molecule has 4 heteroatoms. The predicted octanol–water partition coefficient (Wildman–Crippen LogP) is 3.38. The quantitative estimate of drug-likeness (QED) is 0.612. The third-order valence-electron chi connectivity index (χ3n) is 2.05. The van der Waals surface area contributed by atoms with Gasteiger partial charge in [0.05, 0.1) is 6.54 Å². The van der Waals surface area contributed by atoms with Crippen LogP contribution in [0.1, 0.15) is 26.7 Å². The summed E-state index contributed by atoms with van der Waals surface area (Å²) in [6.07, 6.45) is -0.0903. The van der Waals surface area contributed by atoms with E-state index < -0.39 is 6.43 Å². The SMILES string of the molecule is CC(C)CCCN(CCBr)CC(F)F. The Hall–Kier alpha value is 0.300. The van der Waals surface area contributed by atoms with Gasteiger partial charge in [-0.1, -0.05) is 29.8 Å². The van der Waals surface area contributed by atoms with Gasteiger partial charge in [-0.25, -0.2) is 8.78 Å². The van der Waals surface area contributed by atoms with Crippen molar-refractivity contribution in [2.24, 2.45) is 5.92 Å². The molecule has 0 aliphatic rings. The Bertz CT molecular complexity index is 131. The van der Waals surface area contributed by atoms with Gasteiger partial charge in [0.15, 0.2) is 0 Å². The summed E-state index contributed by atoms with van der Waals surface area (Å²) >= 11 is 3.27. The molecule has 0 aromatic rings. The Morgan fingerprint density at radius 1 is 1.21 bits per heavy atom. The number of rotatable bonds is 8. The molecular weight excluding hydrogens is 252 g/mol. The van der Waals surface area contributed by atoms with Crippen molar-refractivity contribution in [3.8, 4) is 0 Å². The summed E-state index contributed by atoms with van der Waals surface area (Å²) < 4.78 is 24.3. The molecule has 0 aromatic heterocycles. The molecule has 0 saturated heterocycles. The van der Waals surface area contributed by atoms with Crippen LogP contribution in [0.15, 0.2) is 0 Å². The highest BCUT2D eigenvalue weighted by Crippen LogP contribution is 2.06. The van der Waals surface area contributed by atoms with Crippen LogP contribution >= 0.6 is 15.9 Å². The molecule has 0 fully saturated rings. The van der Waals surface area contributed by atoms with E-state index in [9.17, 15) is 8.78 Å². The highest BCUT2D eigenvalue weighted by molar-refractivity contribution is 9.09. The van der Waals surface area contributed by atoms with Crippen molar-refractivity contribution in [1.29, 1.82) is 0 Å². The highest BCUT2D eigenvalue weighted by atomic mass is 79.9. The first-order valence-corrected chi connectivity index (χ1v) is 6.25. The first kappa shape index (κ1) is 14.3. The second-order valence-corrected chi connectivity index (χ2v) is 4.71. The maximum Gasteiger partial charge on any atom is 0.251 e. The number of hydrogen-bond donors (Lipinski definition) is 0. The molecule has 0 heterocycles. The number of alkyl halides is 3. The van der Waals surface area contributed by atoms with E-state index in [0.29, 0.717) is 12.5 Å². The van der Waals surface area contributed by atoms with Crippen LogP contribution in [0.25, 0.3) is 0 Å². The van der Waals surface area contributed by atoms with Crippen molar-refractivity contribution in [1.82, 2.24) is 4.90 Å². The largest absolute Gasteiger partial charge is 0.297 e. The maximum atomic E-state index is 12.1. The molecule has 0 aromatic carbocycles. The van der Waals surface area contributed by atoms with Gasteiger partial charge in [-0.15, -0.1) is 0 Å². The Morgan fingerprint density at radius 3 is 2.29 bits per heavy atom. The molecule has 0 unspecified atom stereocenters. The second kappa shape index (κ2) is 8.60. The molecule has 0 aliphatic carbocycles. The fourth-order valence-corrected chi connectivity index (χ4v) is 1.83. The van der Waals surface area contributed by atoms with Crippen LogP contribution in [-0.4, -0.2) is 36.3 Å². The summed E-state index contributed by atoms with van der Waals surface area (Å²) in [6.45, 7) is 5.71. The van der Waals surface area contributed by atoms with Crippen LogP contribution in [0.3, 0.4) is 0 Å². The van der Waals surface area contributed by atoms with E-state index >= 15 is 0 Å². The molecule has 0 spiro atoms. The van der Waals surface area contributed by atoms with Gasteiger partial charge in [-0.3, -0.25) is 4.90 Å². The molecule has 0 N–H and O–H groups in total. The van der Waals surface area contributed by atoms with E-state index in [2.05, 4.69) is 29.8 Å². The zero-order valence-corrected chi connectivity index (χ0v) is 10.6. The molecule has 0 radical (unpaired) electrons. The van der Waals surface area contributed by atoms with Crippen LogP contribution in [-0.2, 0) is 0 Å². The molecule has 0 saturated carbocycles. The van der Waals surface area contributed by atoms with Crippen molar-refractivity contribution < 1.29 is 8.78 Å². The van der Waals surface area contributed by atoms with Crippen LogP contribution in [0.2, 0.25) is 0 Å². The highest BCUT2D eigenvalue weighted by Gasteiger charge is 2.10. The van der Waals surface area contributed by atoms with E-state index in [4.69, 9.17) is 0 Å². The monoisotopic (exact) mass is 271 g/mol. The third-order valence-corrected chi connectivity index (χ3v) is 2.41. The Kier molecular flexibility index (Phi) is 8.78. The van der Waals surface area contributed by atoms with Gasteiger partial charge in [0.1, 0.15) is 0 Å². The third kappa shape index (κ3) is 8.88. The summed E-state index contributed by atoms with van der Waals surface area (Å²) in [5, 5.41) is 0.765. The molecule has 1 nitrogen and oxygen atoms in total. The van der Waals surface area contributed by atoms with Crippen molar-refractivity contribution >= 4 is 15.9 Å². The van der Waals surface area contributed by atoms with Crippen molar-refractivity contribution in [2.75, 3.05) is 25.0 Å². The van der Waals surface area contributed by atoms with Crippen LogP contribution in [0.5, 0.6) is 0 Å². The molecular formula is C10H20BrF2N. The van der Waals surface area contributed by atoms with Crippen molar-refractivity contribution in [3.05, 3.63) is 0 Å². The summed E-state index contributed by atoms with van der Waals surface area (Å²) in [5.41, 5.74) is 0. The lowest BCUT2D eigenvalue weighted by molar-refractivity contribution is 0.0901. The second-order valence-electron chi connectivity index (χ2n) is 3.92. The number of hydrogen-bond acceptors (Lipinski definition) is 1. The lowest BCUT2D eigenvalue weighted by Crippen LogP contribution is -2.31. The van der Waals surface area contributed by atoms with Gasteiger partial charge < -0.3 is 0 Å². The molecule has 0 bridgehead atoms. The van der Waals surface area contributed by atoms with Crippen LogP contribution < -0.4 is 0 Å². The van der Waals surface area contributed by atoms with E-state index in [-0.39, 0.29) is 6.54 Å². The normalized spacial score (nSPS) is 12.0. The van der Waals surface area contributed by atoms with E-state index in [0.717, 1.165) is 24.7 Å². The average molecular weight is 272 g/mol. The minimum atomic E-state index is -2.21. The minimum Gasteiger partial charge on any atom is -0.297 e. The van der Waals surface area contributed by atoms with Gasteiger partial charge in [0, 0.05) is 11.9 Å². The predicted molar refractivity (Wildman–Crippen MR) is 60.3 cm³/mol. The lowest BCUT2D eigenvalue weighted by atomic mass is 10.1. The van der Waals surface area contributed by atoms with Crippen LogP contribution in [0.4, 0.5) is 8.78 Å². The fourth-order valence-electron chi connectivity index (χ4n) is 1.33. The zero-order chi connectivity index (χ0) is 11.0. The number of halogens is 3. The molecule has 0 rings (SSSR count). The molecule has 86 valence electrons. The molecule has 14 heavy (non-hydrogen) atoms. The topological polar surface area (TPSA) is 3.24 Å². The standard InChI is InChI=1S/C10H20BrF2N/c1-9(2)4-3-6-14(7-5-11)8-10(12)13/h9-10H,3-8H2,1-2H3. The molecule has 0 atom stereocenters. The lowest BCUT2D eigenvalue weighted by Gasteiger charge is -2.20. The first-order valence-electron chi connectivity index (χ1n) is 5.12. The number of nitrogens with zero attached hydrogens (tertiary/aromatic N) is 1. The summed E-state index contributed by atoms with van der Waals surface area (Å²) in [7, 11) is 0. The van der Waals surface area contributed by atoms with Crippen molar-refractivity contribution in [3.63, 3.8) is 0 Å². The Balaban J connectivity index is 3.61. The fraction of sp³-hybridized carbons (Fsp3) is 1.00. The summed E-state index contributed by atoms with van der Waals surface area (Å²) in [5.74, 6) is 0.660. The Morgan fingerprint density at radius 2 is 1.86 bits per heavy atom. The summed E-state index contributed by atoms with van der Waals surface area (Å²) in [4.78, 5) is 1.82. The van der Waals surface area contributed by atoms with Crippen LogP contribution in [0, 0.1) is 5.92 Å². The minimum absolute atomic E-state index is 0.0936. The first-order chi connectivity index (χ1) is 6.56. The summed E-state index contributed by atoms with van der Waals surface area (Å²) in [6, 6.07) is 0. The van der Waals surface area contributed by atoms with Gasteiger partial charge in [-0.2, -0.15) is 0 Å². The molecule has 0 aliphatic heterocycles. The smallest absolute Gasteiger partial charge is 0.251 e. The Labute approximate surface area is 94.0 Å². The van der Waals surface area contributed by atoms with Gasteiger partial charge in [0.25, 0.3) is 6.43 Å². The van der Waals surface area contributed by atoms with Gasteiger partial charge in [-0.05, 0) is 25.3 Å². The van der Waals surface area contributed by atoms with Gasteiger partial charge >= 0.3 is 0 Å². The van der Waals surface area contributed by atoms with E-state index in [1.54, 1.807) is 0 Å². The van der Waals surface area contributed by atoms with E-state index in [1.165, 1.54) is 0 Å². The zero-order valence-electron chi connectivity index (χ0n) is 8.98. The van der Waals surface area contributed by atoms with Gasteiger partial charge in [0.2, 0.25) is 0 Å².